The third kappa shape index (κ3) is 2.90. The smallest absolute Gasteiger partial charge is 0.447 e. The van der Waals surface area contributed by atoms with Crippen molar-refractivity contribution in [2.45, 2.75) is 11.8 Å². The molecule has 2 aliphatic rings. The van der Waals surface area contributed by atoms with Crippen LogP contribution in [0.25, 0.3) is 0 Å². The van der Waals surface area contributed by atoms with E-state index in [1.165, 1.54) is 0 Å². The summed E-state index contributed by atoms with van der Waals surface area (Å²) in [7, 11) is 0. The lowest BCUT2D eigenvalue weighted by Gasteiger charge is -2.37. The molecule has 0 fully saturated rings. The second-order valence-electron chi connectivity index (χ2n) is 3.90. The molecule has 0 saturated heterocycles. The van der Waals surface area contributed by atoms with Crippen molar-refractivity contribution in [1.82, 2.24) is 0 Å². The van der Waals surface area contributed by atoms with Gasteiger partial charge in [-0.25, -0.2) is 19.2 Å². The summed E-state index contributed by atoms with van der Waals surface area (Å²) < 4.78 is 17.6. The molecule has 0 saturated carbocycles. The molecule has 2 heterocycles. The summed E-state index contributed by atoms with van der Waals surface area (Å²) in [6.07, 6.45) is 2.52. The molecule has 2 rings (SSSR count). The van der Waals surface area contributed by atoms with E-state index in [-0.39, 0.29) is 0 Å². The van der Waals surface area contributed by atoms with Gasteiger partial charge < -0.3 is 29.2 Å². The van der Waals surface area contributed by atoms with Crippen LogP contribution < -0.4 is 0 Å². The van der Waals surface area contributed by atoms with Crippen LogP contribution in [-0.4, -0.2) is 52.5 Å². The van der Waals surface area contributed by atoms with Crippen LogP contribution in [0.4, 0.5) is 0 Å². The zero-order valence-corrected chi connectivity index (χ0v) is 10.2. The standard InChI is InChI=1S/C11H8O10/c12-6-1-2-7(13)19-10(16,5-18-6)11(17)20-8(14)3-4-9(15)21-11/h1-4,16-17H,5H2/b2-1+. The fourth-order valence-electron chi connectivity index (χ4n) is 1.40. The summed E-state index contributed by atoms with van der Waals surface area (Å²) in [5, 5.41) is 20.2. The quantitative estimate of drug-likeness (QED) is 0.398. The topological polar surface area (TPSA) is 146 Å². The molecule has 0 aliphatic carbocycles. The second-order valence-corrected chi connectivity index (χ2v) is 3.90. The van der Waals surface area contributed by atoms with Gasteiger partial charge in [0.25, 0.3) is 0 Å². The van der Waals surface area contributed by atoms with Gasteiger partial charge in [0, 0.05) is 24.3 Å². The van der Waals surface area contributed by atoms with E-state index in [2.05, 4.69) is 18.9 Å². The van der Waals surface area contributed by atoms with Crippen molar-refractivity contribution >= 4 is 23.9 Å². The van der Waals surface area contributed by atoms with Crippen LogP contribution in [0.1, 0.15) is 0 Å². The van der Waals surface area contributed by atoms with Gasteiger partial charge in [-0.1, -0.05) is 0 Å². The lowest BCUT2D eigenvalue weighted by atomic mass is 10.2. The highest BCUT2D eigenvalue weighted by atomic mass is 16.9. The number of cyclic esters (lactones) is 4. The van der Waals surface area contributed by atoms with Crippen molar-refractivity contribution in [3.63, 3.8) is 0 Å². The monoisotopic (exact) mass is 300 g/mol. The summed E-state index contributed by atoms with van der Waals surface area (Å²) in [4.78, 5) is 45.0. The van der Waals surface area contributed by atoms with E-state index >= 15 is 0 Å². The van der Waals surface area contributed by atoms with Gasteiger partial charge in [0.1, 0.15) is 0 Å². The molecule has 2 N–H and O–H groups in total. The van der Waals surface area contributed by atoms with Gasteiger partial charge in [-0.15, -0.1) is 0 Å². The summed E-state index contributed by atoms with van der Waals surface area (Å²) in [5.41, 5.74) is 0. The van der Waals surface area contributed by atoms with Gasteiger partial charge in [0.2, 0.25) is 0 Å². The minimum atomic E-state index is -3.40. The molecule has 0 radical (unpaired) electrons. The minimum absolute atomic E-state index is 0.592. The molecule has 112 valence electrons. The summed E-state index contributed by atoms with van der Waals surface area (Å²) >= 11 is 0. The van der Waals surface area contributed by atoms with Gasteiger partial charge in [0.15, 0.2) is 6.61 Å². The number of rotatable bonds is 1. The Morgan fingerprint density at radius 3 is 1.71 bits per heavy atom. The van der Waals surface area contributed by atoms with Crippen molar-refractivity contribution in [3.05, 3.63) is 24.3 Å². The summed E-state index contributed by atoms with van der Waals surface area (Å²) in [6.45, 7) is -1.15. The normalized spacial score (nSPS) is 30.0. The number of esters is 4. The third-order valence-corrected chi connectivity index (χ3v) is 2.36. The molecule has 0 amide bonds. The third-order valence-electron chi connectivity index (χ3n) is 2.36. The second kappa shape index (κ2) is 5.00. The Balaban J connectivity index is 2.37. The highest BCUT2D eigenvalue weighted by Gasteiger charge is 2.62. The zero-order chi connectivity index (χ0) is 15.7. The van der Waals surface area contributed by atoms with Crippen molar-refractivity contribution in [2.24, 2.45) is 0 Å². The van der Waals surface area contributed by atoms with Crippen molar-refractivity contribution in [3.8, 4) is 0 Å². The lowest BCUT2D eigenvalue weighted by Crippen LogP contribution is -2.63. The Morgan fingerprint density at radius 1 is 0.762 bits per heavy atom. The first-order valence-electron chi connectivity index (χ1n) is 5.41. The SMILES string of the molecule is O=C1C=CC(=O)OC(O)(C2(O)COC(=O)/C=C/C(=O)O2)O1. The van der Waals surface area contributed by atoms with E-state index in [1.54, 1.807) is 0 Å². The average molecular weight is 300 g/mol. The first kappa shape index (κ1) is 14.7. The molecule has 0 aromatic heterocycles. The Labute approximate surface area is 116 Å². The summed E-state index contributed by atoms with van der Waals surface area (Å²) in [6, 6.07) is 0. The maximum absolute atomic E-state index is 11.3. The molecule has 10 heteroatoms. The van der Waals surface area contributed by atoms with Crippen molar-refractivity contribution < 1.29 is 48.3 Å². The predicted molar refractivity (Wildman–Crippen MR) is 57.4 cm³/mol. The highest BCUT2D eigenvalue weighted by Crippen LogP contribution is 2.30. The number of hydrogen-bond donors (Lipinski definition) is 2. The first-order valence-corrected chi connectivity index (χ1v) is 5.41. The van der Waals surface area contributed by atoms with Gasteiger partial charge in [-0.05, 0) is 0 Å². The molecule has 0 aromatic rings. The molecule has 0 spiro atoms. The van der Waals surface area contributed by atoms with E-state index in [1.807, 2.05) is 0 Å². The summed E-state index contributed by atoms with van der Waals surface area (Å²) in [5.74, 6) is -11.4. The Morgan fingerprint density at radius 2 is 1.19 bits per heavy atom. The molecule has 10 nitrogen and oxygen atoms in total. The van der Waals surface area contributed by atoms with E-state index in [9.17, 15) is 29.4 Å². The molecule has 2 aliphatic heterocycles. The van der Waals surface area contributed by atoms with E-state index in [0.29, 0.717) is 24.3 Å². The molecule has 1 atom stereocenters. The van der Waals surface area contributed by atoms with E-state index in [0.717, 1.165) is 0 Å². The minimum Gasteiger partial charge on any atom is -0.455 e. The number of hydrogen-bond acceptors (Lipinski definition) is 10. The van der Waals surface area contributed by atoms with Crippen LogP contribution in [0.2, 0.25) is 0 Å². The van der Waals surface area contributed by atoms with E-state index in [4.69, 9.17) is 0 Å². The Hall–Kier alpha value is -2.72. The van der Waals surface area contributed by atoms with Crippen molar-refractivity contribution in [2.75, 3.05) is 6.61 Å². The lowest BCUT2D eigenvalue weighted by molar-refractivity contribution is -0.444. The van der Waals surface area contributed by atoms with Crippen LogP contribution in [-0.2, 0) is 38.1 Å². The number of aliphatic hydroxyl groups is 2. The number of carbonyl (C=O) groups is 4. The fourth-order valence-corrected chi connectivity index (χ4v) is 1.40. The van der Waals surface area contributed by atoms with E-state index < -0.39 is 42.2 Å². The predicted octanol–water partition coefficient (Wildman–Crippen LogP) is -2.37. The molecular weight excluding hydrogens is 292 g/mol. The Bertz CT molecular complexity index is 554. The van der Waals surface area contributed by atoms with Crippen LogP contribution >= 0.6 is 0 Å². The van der Waals surface area contributed by atoms with Gasteiger partial charge in [-0.2, -0.15) is 0 Å². The average Bonchev–Trinajstić information content (AvgIpc) is 2.52. The molecule has 1 unspecified atom stereocenters. The van der Waals surface area contributed by atoms with Crippen LogP contribution in [0.15, 0.2) is 24.3 Å². The number of carbonyl (C=O) groups excluding carboxylic acids is 4. The van der Waals surface area contributed by atoms with Gasteiger partial charge >= 0.3 is 35.6 Å². The Kier molecular flexibility index (Phi) is 3.49. The molecule has 21 heavy (non-hydrogen) atoms. The van der Waals surface area contributed by atoms with Gasteiger partial charge in [0.05, 0.1) is 0 Å². The zero-order valence-electron chi connectivity index (χ0n) is 10.2. The van der Waals surface area contributed by atoms with Crippen molar-refractivity contribution in [1.29, 1.82) is 0 Å². The first-order chi connectivity index (χ1) is 9.74. The van der Waals surface area contributed by atoms with Crippen LogP contribution in [0.5, 0.6) is 0 Å². The van der Waals surface area contributed by atoms with Crippen LogP contribution in [0, 0.1) is 0 Å². The fraction of sp³-hybridized carbons (Fsp3) is 0.273. The maximum atomic E-state index is 11.3. The largest absolute Gasteiger partial charge is 0.455 e. The highest BCUT2D eigenvalue weighted by molar-refractivity contribution is 5.94. The molecule has 0 aromatic carbocycles. The van der Waals surface area contributed by atoms with Gasteiger partial charge in [-0.3, -0.25) is 0 Å². The molecule has 0 bridgehead atoms. The number of ether oxygens (including phenoxy) is 4. The van der Waals surface area contributed by atoms with Crippen LogP contribution in [0.3, 0.4) is 0 Å². The molecular formula is C11H8O10. The maximum Gasteiger partial charge on any atom is 0.447 e.